The Bertz CT molecular complexity index is 870. The lowest BCUT2D eigenvalue weighted by Crippen LogP contribution is -2.40. The molecule has 1 aromatic rings. The van der Waals surface area contributed by atoms with Gasteiger partial charge in [0.25, 0.3) is 11.7 Å². The smallest absolute Gasteiger partial charge is 0.336 e. The lowest BCUT2D eigenvalue weighted by atomic mass is 9.80. The van der Waals surface area contributed by atoms with Gasteiger partial charge in [0, 0.05) is 35.1 Å². The fourth-order valence-electron chi connectivity index (χ4n) is 3.19. The standard InChI is InChI=1S/C18H22N4O6S/c1-3-28-18(23)16-14(10-29-8-7-19)20-11(2)17(22(26)27)15(16)12-5-4-6-13(9-12)21(24)25/h4-6,9,15,17H,3,7-8,10,19H2,1-2H3. The van der Waals surface area contributed by atoms with Crippen LogP contribution in [-0.4, -0.2) is 52.2 Å². The first-order chi connectivity index (χ1) is 13.8. The van der Waals surface area contributed by atoms with Crippen molar-refractivity contribution in [2.24, 2.45) is 10.7 Å². The van der Waals surface area contributed by atoms with Gasteiger partial charge in [-0.15, -0.1) is 0 Å². The van der Waals surface area contributed by atoms with Gasteiger partial charge in [0.15, 0.2) is 0 Å². The predicted octanol–water partition coefficient (Wildman–Crippen LogP) is 2.31. The second kappa shape index (κ2) is 10.1. The highest BCUT2D eigenvalue weighted by Gasteiger charge is 2.45. The summed E-state index contributed by atoms with van der Waals surface area (Å²) in [5, 5.41) is 23.1. The molecular weight excluding hydrogens is 400 g/mol. The van der Waals surface area contributed by atoms with Crippen molar-refractivity contribution in [2.45, 2.75) is 25.8 Å². The highest BCUT2D eigenvalue weighted by molar-refractivity contribution is 7.99. The first-order valence-electron chi connectivity index (χ1n) is 8.92. The third-order valence-corrected chi connectivity index (χ3v) is 5.34. The molecule has 29 heavy (non-hydrogen) atoms. The van der Waals surface area contributed by atoms with Gasteiger partial charge in [-0.05, 0) is 19.4 Å². The predicted molar refractivity (Wildman–Crippen MR) is 110 cm³/mol. The molecule has 1 aliphatic rings. The summed E-state index contributed by atoms with van der Waals surface area (Å²) in [6.07, 6.45) is 0. The molecule has 10 nitrogen and oxygen atoms in total. The molecule has 0 aromatic heterocycles. The molecule has 2 rings (SSSR count). The Morgan fingerprint density at radius 3 is 2.66 bits per heavy atom. The molecule has 0 fully saturated rings. The van der Waals surface area contributed by atoms with Gasteiger partial charge < -0.3 is 10.5 Å². The number of hydrogen-bond acceptors (Lipinski definition) is 9. The first kappa shape index (κ1) is 22.5. The van der Waals surface area contributed by atoms with Crippen LogP contribution in [0.1, 0.15) is 25.3 Å². The minimum Gasteiger partial charge on any atom is -0.463 e. The summed E-state index contributed by atoms with van der Waals surface area (Å²) in [4.78, 5) is 39.1. The fraction of sp³-hybridized carbons (Fsp3) is 0.444. The van der Waals surface area contributed by atoms with E-state index in [2.05, 4.69) is 4.99 Å². The van der Waals surface area contributed by atoms with Crippen molar-refractivity contribution in [1.29, 1.82) is 0 Å². The van der Waals surface area contributed by atoms with Gasteiger partial charge in [-0.25, -0.2) is 4.79 Å². The largest absolute Gasteiger partial charge is 0.463 e. The average molecular weight is 422 g/mol. The Labute approximate surface area is 171 Å². The zero-order chi connectivity index (χ0) is 21.6. The molecule has 0 bridgehead atoms. The number of rotatable bonds is 9. The third kappa shape index (κ3) is 5.18. The van der Waals surface area contributed by atoms with Crippen molar-refractivity contribution < 1.29 is 19.4 Å². The van der Waals surface area contributed by atoms with Crippen molar-refractivity contribution >= 4 is 29.1 Å². The van der Waals surface area contributed by atoms with E-state index in [1.54, 1.807) is 6.92 Å². The lowest BCUT2D eigenvalue weighted by Gasteiger charge is -2.28. The van der Waals surface area contributed by atoms with E-state index in [0.717, 1.165) is 0 Å². The maximum atomic E-state index is 12.8. The number of carbonyl (C=O) groups is 1. The maximum absolute atomic E-state index is 12.8. The van der Waals surface area contributed by atoms with Crippen LogP contribution in [0.15, 0.2) is 40.5 Å². The summed E-state index contributed by atoms with van der Waals surface area (Å²) >= 11 is 1.44. The van der Waals surface area contributed by atoms with E-state index >= 15 is 0 Å². The number of hydrogen-bond donors (Lipinski definition) is 1. The van der Waals surface area contributed by atoms with Crippen molar-refractivity contribution in [2.75, 3.05) is 24.7 Å². The highest BCUT2D eigenvalue weighted by atomic mass is 32.2. The fourth-order valence-corrected chi connectivity index (χ4v) is 3.91. The van der Waals surface area contributed by atoms with Crippen molar-refractivity contribution in [3.63, 3.8) is 0 Å². The Morgan fingerprint density at radius 1 is 1.34 bits per heavy atom. The van der Waals surface area contributed by atoms with Crippen LogP contribution in [0.2, 0.25) is 0 Å². The SMILES string of the molecule is CCOC(=O)C1=C(CSCCN)N=C(C)C([N+](=O)[O-])C1c1cccc([N+](=O)[O-])c1. The zero-order valence-corrected chi connectivity index (χ0v) is 16.9. The zero-order valence-electron chi connectivity index (χ0n) is 16.1. The molecule has 0 spiro atoms. The number of esters is 1. The molecule has 0 radical (unpaired) electrons. The van der Waals surface area contributed by atoms with Gasteiger partial charge in [0.2, 0.25) is 0 Å². The Balaban J connectivity index is 2.68. The molecule has 156 valence electrons. The number of aliphatic imine (C=N–C) groups is 1. The normalized spacial score (nSPS) is 18.9. The van der Waals surface area contributed by atoms with E-state index in [4.69, 9.17) is 10.5 Å². The Hall–Kier alpha value is -2.79. The molecule has 2 unspecified atom stereocenters. The van der Waals surface area contributed by atoms with E-state index in [-0.39, 0.29) is 23.6 Å². The molecule has 1 heterocycles. The number of nitrogens with two attached hydrogens (primary N) is 1. The second-order valence-corrected chi connectivity index (χ2v) is 7.34. The number of ether oxygens (including phenoxy) is 1. The monoisotopic (exact) mass is 422 g/mol. The highest BCUT2D eigenvalue weighted by Crippen LogP contribution is 2.39. The minimum absolute atomic E-state index is 0.0594. The lowest BCUT2D eigenvalue weighted by molar-refractivity contribution is -0.505. The Morgan fingerprint density at radius 2 is 2.07 bits per heavy atom. The molecule has 11 heteroatoms. The van der Waals surface area contributed by atoms with E-state index < -0.39 is 27.8 Å². The maximum Gasteiger partial charge on any atom is 0.336 e. The van der Waals surface area contributed by atoms with Crippen LogP contribution in [0.3, 0.4) is 0 Å². The van der Waals surface area contributed by atoms with Crippen LogP contribution in [0, 0.1) is 20.2 Å². The average Bonchev–Trinajstić information content (AvgIpc) is 2.67. The molecule has 0 amide bonds. The van der Waals surface area contributed by atoms with Gasteiger partial charge in [-0.3, -0.25) is 25.2 Å². The molecule has 1 aliphatic heterocycles. The molecule has 0 saturated heterocycles. The summed E-state index contributed by atoms with van der Waals surface area (Å²) in [5.74, 6) is -0.822. The van der Waals surface area contributed by atoms with E-state index in [9.17, 15) is 25.0 Å². The van der Waals surface area contributed by atoms with Gasteiger partial charge in [0.1, 0.15) is 0 Å². The number of nitrogens with zero attached hydrogens (tertiary/aromatic N) is 3. The first-order valence-corrected chi connectivity index (χ1v) is 10.1. The number of thioether (sulfide) groups is 1. The topological polar surface area (TPSA) is 151 Å². The molecule has 2 N–H and O–H groups in total. The summed E-state index contributed by atoms with van der Waals surface area (Å²) in [7, 11) is 0. The van der Waals surface area contributed by atoms with E-state index in [1.807, 2.05) is 0 Å². The summed E-state index contributed by atoms with van der Waals surface area (Å²) in [6, 6.07) is 4.19. The molecule has 0 saturated carbocycles. The van der Waals surface area contributed by atoms with Gasteiger partial charge in [0.05, 0.1) is 34.4 Å². The molecule has 1 aromatic carbocycles. The summed E-state index contributed by atoms with van der Waals surface area (Å²) in [6.45, 7) is 3.67. The van der Waals surface area contributed by atoms with Gasteiger partial charge >= 0.3 is 5.97 Å². The summed E-state index contributed by atoms with van der Waals surface area (Å²) < 4.78 is 5.15. The quantitative estimate of drug-likeness (QED) is 0.275. The molecule has 2 atom stereocenters. The van der Waals surface area contributed by atoms with Gasteiger partial charge in [-0.2, -0.15) is 11.8 Å². The van der Waals surface area contributed by atoms with E-state index in [0.29, 0.717) is 29.3 Å². The minimum atomic E-state index is -1.33. The van der Waals surface area contributed by atoms with Crippen LogP contribution in [-0.2, 0) is 9.53 Å². The van der Waals surface area contributed by atoms with Crippen molar-refractivity contribution in [3.8, 4) is 0 Å². The van der Waals surface area contributed by atoms with Gasteiger partial charge in [-0.1, -0.05) is 12.1 Å². The Kier molecular flexibility index (Phi) is 7.85. The third-order valence-electron chi connectivity index (χ3n) is 4.34. The molecular formula is C18H22N4O6S. The van der Waals surface area contributed by atoms with Crippen LogP contribution < -0.4 is 5.73 Å². The number of carbonyl (C=O) groups excluding carboxylic acids is 1. The number of benzene rings is 1. The van der Waals surface area contributed by atoms with Crippen molar-refractivity contribution in [1.82, 2.24) is 0 Å². The summed E-state index contributed by atoms with van der Waals surface area (Å²) in [5.41, 5.74) is 6.25. The number of nitro benzene ring substituents is 1. The van der Waals surface area contributed by atoms with Crippen LogP contribution in [0.4, 0.5) is 5.69 Å². The van der Waals surface area contributed by atoms with Crippen LogP contribution >= 0.6 is 11.8 Å². The molecule has 0 aliphatic carbocycles. The van der Waals surface area contributed by atoms with Crippen molar-refractivity contribution in [3.05, 3.63) is 61.3 Å². The number of nitro groups is 2. The van der Waals surface area contributed by atoms with Crippen LogP contribution in [0.25, 0.3) is 0 Å². The van der Waals surface area contributed by atoms with E-state index in [1.165, 1.54) is 43.0 Å². The second-order valence-electron chi connectivity index (χ2n) is 6.24. The van der Waals surface area contributed by atoms with Crippen LogP contribution in [0.5, 0.6) is 0 Å². The number of non-ortho nitro benzene ring substituents is 1.